The van der Waals surface area contributed by atoms with E-state index in [-0.39, 0.29) is 18.5 Å². The molecule has 0 aliphatic carbocycles. The Morgan fingerprint density at radius 2 is 1.85 bits per heavy atom. The quantitative estimate of drug-likeness (QED) is 0.466. The monoisotopic (exact) mass is 461 g/mol. The van der Waals surface area contributed by atoms with Crippen LogP contribution in [0.25, 0.3) is 10.8 Å². The highest BCUT2D eigenvalue weighted by atomic mass is 32.1. The van der Waals surface area contributed by atoms with Gasteiger partial charge < -0.3 is 20.3 Å². The number of carbonyl (C=O) groups excluding carboxylic acids is 1. The fourth-order valence-corrected chi connectivity index (χ4v) is 4.42. The molecule has 10 heteroatoms. The average molecular weight is 462 g/mol. The van der Waals surface area contributed by atoms with Crippen LogP contribution in [-0.4, -0.2) is 55.7 Å². The van der Waals surface area contributed by atoms with Crippen LogP contribution in [0.5, 0.6) is 5.88 Å². The first kappa shape index (κ1) is 21.1. The molecule has 2 aromatic carbocycles. The number of piperazine rings is 1. The Labute approximate surface area is 195 Å². The summed E-state index contributed by atoms with van der Waals surface area (Å²) in [5.41, 5.74) is 7.33. The van der Waals surface area contributed by atoms with E-state index >= 15 is 0 Å². The van der Waals surface area contributed by atoms with Crippen molar-refractivity contribution in [2.45, 2.75) is 13.0 Å². The fourth-order valence-electron chi connectivity index (χ4n) is 3.90. The minimum absolute atomic E-state index is 0.138. The van der Waals surface area contributed by atoms with Gasteiger partial charge in [-0.1, -0.05) is 42.5 Å². The SMILES string of the molecule is Nc1nccc(COc2nsnc2N2CCN(C(=O)Cc3ccc4ccccc4c3)CC2)n1. The Balaban J connectivity index is 1.17. The van der Waals surface area contributed by atoms with Gasteiger partial charge in [-0.15, -0.1) is 4.37 Å². The molecule has 2 aromatic heterocycles. The summed E-state index contributed by atoms with van der Waals surface area (Å²) in [5, 5.41) is 2.33. The lowest BCUT2D eigenvalue weighted by Gasteiger charge is -2.35. The summed E-state index contributed by atoms with van der Waals surface area (Å²) in [7, 11) is 0. The summed E-state index contributed by atoms with van der Waals surface area (Å²) in [6.45, 7) is 2.84. The molecule has 0 unspecified atom stereocenters. The highest BCUT2D eigenvalue weighted by molar-refractivity contribution is 6.99. The molecule has 9 nitrogen and oxygen atoms in total. The van der Waals surface area contributed by atoms with Gasteiger partial charge in [-0.25, -0.2) is 9.97 Å². The highest BCUT2D eigenvalue weighted by Gasteiger charge is 2.25. The molecule has 4 aromatic rings. The molecule has 1 aliphatic rings. The number of carbonyl (C=O) groups is 1. The number of amides is 1. The van der Waals surface area contributed by atoms with Crippen molar-refractivity contribution in [2.24, 2.45) is 0 Å². The van der Waals surface area contributed by atoms with Crippen molar-refractivity contribution in [3.8, 4) is 5.88 Å². The zero-order valence-electron chi connectivity index (χ0n) is 17.9. The smallest absolute Gasteiger partial charge is 0.271 e. The van der Waals surface area contributed by atoms with Gasteiger partial charge in [0.05, 0.1) is 23.8 Å². The lowest BCUT2D eigenvalue weighted by molar-refractivity contribution is -0.130. The van der Waals surface area contributed by atoms with Gasteiger partial charge in [-0.05, 0) is 22.4 Å². The van der Waals surface area contributed by atoms with Crippen LogP contribution in [-0.2, 0) is 17.8 Å². The molecule has 1 fully saturated rings. The Bertz CT molecular complexity index is 1270. The van der Waals surface area contributed by atoms with Crippen molar-refractivity contribution in [1.82, 2.24) is 23.6 Å². The molecule has 3 heterocycles. The zero-order valence-corrected chi connectivity index (χ0v) is 18.7. The van der Waals surface area contributed by atoms with Crippen LogP contribution in [0.15, 0.2) is 54.7 Å². The Morgan fingerprint density at radius 3 is 2.67 bits per heavy atom. The summed E-state index contributed by atoms with van der Waals surface area (Å²) in [4.78, 5) is 24.9. The normalized spacial score (nSPS) is 13.9. The molecular formula is C23H23N7O2S. The first-order valence-electron chi connectivity index (χ1n) is 10.7. The first-order valence-corrected chi connectivity index (χ1v) is 11.4. The summed E-state index contributed by atoms with van der Waals surface area (Å²) >= 11 is 1.10. The lowest BCUT2D eigenvalue weighted by atomic mass is 10.0. The van der Waals surface area contributed by atoms with Gasteiger partial charge in [0, 0.05) is 32.4 Å². The molecule has 0 atom stereocenters. The third-order valence-electron chi connectivity index (χ3n) is 5.63. The van der Waals surface area contributed by atoms with E-state index in [9.17, 15) is 4.79 Å². The van der Waals surface area contributed by atoms with Crippen LogP contribution in [0, 0.1) is 0 Å². The summed E-state index contributed by atoms with van der Waals surface area (Å²) in [5.74, 6) is 1.51. The molecule has 5 rings (SSSR count). The van der Waals surface area contributed by atoms with Gasteiger partial charge in [0.2, 0.25) is 17.7 Å². The second-order valence-electron chi connectivity index (χ2n) is 7.81. The minimum Gasteiger partial charge on any atom is -0.468 e. The van der Waals surface area contributed by atoms with E-state index in [0.29, 0.717) is 50.0 Å². The van der Waals surface area contributed by atoms with Crippen molar-refractivity contribution < 1.29 is 9.53 Å². The number of nitrogens with zero attached hydrogens (tertiary/aromatic N) is 6. The van der Waals surface area contributed by atoms with Crippen LogP contribution in [0.4, 0.5) is 11.8 Å². The van der Waals surface area contributed by atoms with Crippen molar-refractivity contribution in [1.29, 1.82) is 0 Å². The molecular weight excluding hydrogens is 438 g/mol. The maximum absolute atomic E-state index is 12.9. The Kier molecular flexibility index (Phi) is 5.99. The predicted molar refractivity (Wildman–Crippen MR) is 127 cm³/mol. The van der Waals surface area contributed by atoms with Gasteiger partial charge in [0.25, 0.3) is 5.88 Å². The molecule has 1 amide bonds. The van der Waals surface area contributed by atoms with Gasteiger partial charge in [0.15, 0.2) is 0 Å². The summed E-state index contributed by atoms with van der Waals surface area (Å²) < 4.78 is 14.5. The molecule has 1 saturated heterocycles. The zero-order chi connectivity index (χ0) is 22.6. The number of aromatic nitrogens is 4. The first-order chi connectivity index (χ1) is 16.2. The van der Waals surface area contributed by atoms with Crippen molar-refractivity contribution in [3.05, 3.63) is 66.0 Å². The maximum atomic E-state index is 12.9. The van der Waals surface area contributed by atoms with Crippen LogP contribution in [0.2, 0.25) is 0 Å². The van der Waals surface area contributed by atoms with Crippen LogP contribution >= 0.6 is 11.7 Å². The second-order valence-corrected chi connectivity index (χ2v) is 8.34. The molecule has 0 bridgehead atoms. The van der Waals surface area contributed by atoms with Gasteiger partial charge in [0.1, 0.15) is 6.61 Å². The molecule has 1 aliphatic heterocycles. The highest BCUT2D eigenvalue weighted by Crippen LogP contribution is 2.27. The third kappa shape index (κ3) is 4.85. The summed E-state index contributed by atoms with van der Waals surface area (Å²) in [6.07, 6.45) is 1.99. The van der Waals surface area contributed by atoms with Gasteiger partial charge in [-0.3, -0.25) is 4.79 Å². The van der Waals surface area contributed by atoms with Crippen LogP contribution in [0.3, 0.4) is 0 Å². The molecule has 2 N–H and O–H groups in total. The predicted octanol–water partition coefficient (Wildman–Crippen LogP) is 2.53. The van der Waals surface area contributed by atoms with E-state index in [2.05, 4.69) is 47.9 Å². The average Bonchev–Trinajstić information content (AvgIpc) is 3.31. The molecule has 0 radical (unpaired) electrons. The van der Waals surface area contributed by atoms with Crippen molar-refractivity contribution in [3.63, 3.8) is 0 Å². The number of fused-ring (bicyclic) bond motifs is 1. The Hall–Kier alpha value is -3.79. The van der Waals surface area contributed by atoms with E-state index in [1.165, 1.54) is 5.39 Å². The topological polar surface area (TPSA) is 110 Å². The van der Waals surface area contributed by atoms with Crippen molar-refractivity contribution >= 4 is 40.2 Å². The Morgan fingerprint density at radius 1 is 1.03 bits per heavy atom. The van der Waals surface area contributed by atoms with E-state index < -0.39 is 0 Å². The number of ether oxygens (including phenoxy) is 1. The van der Waals surface area contributed by atoms with Crippen molar-refractivity contribution in [2.75, 3.05) is 36.8 Å². The van der Waals surface area contributed by atoms with E-state index in [0.717, 1.165) is 22.7 Å². The van der Waals surface area contributed by atoms with Crippen LogP contribution in [0.1, 0.15) is 11.3 Å². The molecule has 33 heavy (non-hydrogen) atoms. The number of rotatable bonds is 6. The van der Waals surface area contributed by atoms with Gasteiger partial charge >= 0.3 is 0 Å². The number of benzene rings is 2. The van der Waals surface area contributed by atoms with E-state index in [1.807, 2.05) is 23.1 Å². The summed E-state index contributed by atoms with van der Waals surface area (Å²) in [6, 6.07) is 16.1. The third-order valence-corrected chi connectivity index (χ3v) is 6.13. The maximum Gasteiger partial charge on any atom is 0.271 e. The van der Waals surface area contributed by atoms with Crippen LogP contribution < -0.4 is 15.4 Å². The number of hydrogen-bond acceptors (Lipinski definition) is 9. The molecule has 168 valence electrons. The fraction of sp³-hybridized carbons (Fsp3) is 0.261. The number of nitrogens with two attached hydrogens (primary N) is 1. The molecule has 0 spiro atoms. The number of hydrogen-bond donors (Lipinski definition) is 1. The van der Waals surface area contributed by atoms with Gasteiger partial charge in [-0.2, -0.15) is 4.37 Å². The standard InChI is InChI=1S/C23H23N7O2S/c24-23-25-8-7-19(26-23)15-32-22-21(27-33-28-22)30-11-9-29(10-12-30)20(31)14-16-5-6-17-3-1-2-4-18(17)13-16/h1-8,13H,9-12,14-15H2,(H2,24,25,26). The largest absolute Gasteiger partial charge is 0.468 e. The number of nitrogen functional groups attached to an aromatic ring is 1. The van der Waals surface area contributed by atoms with E-state index in [4.69, 9.17) is 10.5 Å². The number of anilines is 2. The minimum atomic E-state index is 0.138. The lowest BCUT2D eigenvalue weighted by Crippen LogP contribution is -2.49. The second kappa shape index (κ2) is 9.37. The molecule has 0 saturated carbocycles. The van der Waals surface area contributed by atoms with E-state index in [1.54, 1.807) is 12.3 Å².